The second kappa shape index (κ2) is 13.4. The number of aryl methyl sites for hydroxylation is 3. The molecule has 3 heterocycles. The van der Waals surface area contributed by atoms with Crippen molar-refractivity contribution in [2.24, 2.45) is 7.05 Å². The zero-order valence-corrected chi connectivity index (χ0v) is 24.8. The highest BCUT2D eigenvalue weighted by atomic mass is 19.4. The maximum absolute atomic E-state index is 11.9. The highest BCUT2D eigenvalue weighted by Crippen LogP contribution is 2.33. The van der Waals surface area contributed by atoms with Gasteiger partial charge in [-0.15, -0.1) is 5.10 Å². The predicted octanol–water partition coefficient (Wildman–Crippen LogP) is 5.39. The van der Waals surface area contributed by atoms with E-state index < -0.39 is 18.1 Å². The van der Waals surface area contributed by atoms with Crippen LogP contribution in [0.25, 0.3) is 11.0 Å². The van der Waals surface area contributed by atoms with Crippen LogP contribution in [0.4, 0.5) is 13.2 Å². The van der Waals surface area contributed by atoms with Gasteiger partial charge in [-0.25, -0.2) is 9.48 Å². The molecule has 1 aliphatic heterocycles. The van der Waals surface area contributed by atoms with E-state index in [0.717, 1.165) is 59.7 Å². The van der Waals surface area contributed by atoms with Crippen molar-refractivity contribution >= 4 is 23.0 Å². The molecule has 0 radical (unpaired) electrons. The van der Waals surface area contributed by atoms with Crippen molar-refractivity contribution in [1.29, 1.82) is 0 Å². The summed E-state index contributed by atoms with van der Waals surface area (Å²) in [5, 5.41) is 25.3. The van der Waals surface area contributed by atoms with Gasteiger partial charge in [0.2, 0.25) is 0 Å². The number of ether oxygens (including phenoxy) is 1. The highest BCUT2D eigenvalue weighted by molar-refractivity contribution is 5.78. The lowest BCUT2D eigenvalue weighted by Crippen LogP contribution is -2.32. The van der Waals surface area contributed by atoms with E-state index in [2.05, 4.69) is 53.3 Å². The lowest BCUT2D eigenvalue weighted by molar-refractivity contribution is -0.192. The van der Waals surface area contributed by atoms with E-state index in [1.807, 2.05) is 32.2 Å². The van der Waals surface area contributed by atoms with Crippen molar-refractivity contribution in [3.63, 3.8) is 0 Å². The Kier molecular flexibility index (Phi) is 9.88. The molecule has 2 aromatic heterocycles. The first kappa shape index (κ1) is 32.4. The number of carbonyl (C=O) groups is 2. The smallest absolute Gasteiger partial charge is 0.489 e. The van der Waals surface area contributed by atoms with E-state index in [0.29, 0.717) is 0 Å². The molecule has 13 heteroatoms. The van der Waals surface area contributed by atoms with Crippen LogP contribution in [0.15, 0.2) is 48.7 Å². The Morgan fingerprint density at radius 1 is 1.14 bits per heavy atom. The number of benzene rings is 2. The van der Waals surface area contributed by atoms with E-state index >= 15 is 0 Å². The predicted molar refractivity (Wildman–Crippen MR) is 155 cm³/mol. The minimum atomic E-state index is -5.08. The molecule has 0 fully saturated rings. The van der Waals surface area contributed by atoms with Crippen LogP contribution in [0.3, 0.4) is 0 Å². The molecule has 0 saturated heterocycles. The van der Waals surface area contributed by atoms with E-state index in [9.17, 15) is 23.1 Å². The number of fused-ring (bicyclic) bond motifs is 2. The van der Waals surface area contributed by atoms with Gasteiger partial charge in [0, 0.05) is 43.7 Å². The van der Waals surface area contributed by atoms with Gasteiger partial charge in [0.05, 0.1) is 18.3 Å². The molecule has 0 saturated carbocycles. The summed E-state index contributed by atoms with van der Waals surface area (Å²) < 4.78 is 39.7. The van der Waals surface area contributed by atoms with E-state index in [1.165, 1.54) is 16.7 Å². The fraction of sp³-hybridized carbons (Fsp3) is 0.387. The number of carboxylic acids is 2. The molecule has 0 bridgehead atoms. The Bertz CT molecular complexity index is 1660. The molecule has 0 aliphatic carbocycles. The van der Waals surface area contributed by atoms with Crippen LogP contribution < -0.4 is 4.74 Å². The third-order valence-corrected chi connectivity index (χ3v) is 7.63. The number of aliphatic carboxylic acids is 2. The molecule has 2 N–H and O–H groups in total. The van der Waals surface area contributed by atoms with Crippen molar-refractivity contribution in [2.75, 3.05) is 6.54 Å². The van der Waals surface area contributed by atoms with Crippen molar-refractivity contribution in [2.45, 2.75) is 64.9 Å². The third-order valence-electron chi connectivity index (χ3n) is 7.63. The number of alkyl halides is 3. The topological polar surface area (TPSA) is 131 Å². The standard InChI is InChI=1S/C29H33N5O3.C2HF3O2/c1-5-23-17-34(15-21-8-6-7-9-26(21)37-23)16-22-12-20(11-10-18(22)2)24(13-27(35)36)28-19(3)29-25(14-30-28)33(4)32-31-29;3-2(4,5)1(6)7/h6-12,14,23-24H,5,13,15-17H2,1-4H3,(H,35,36);(H,6,7)/t23-,24?;/m1./s1. The number of rotatable bonds is 7. The van der Waals surface area contributed by atoms with E-state index in [-0.39, 0.29) is 18.4 Å². The van der Waals surface area contributed by atoms with Gasteiger partial charge in [0.25, 0.3) is 0 Å². The van der Waals surface area contributed by atoms with Gasteiger partial charge in [-0.05, 0) is 43.0 Å². The van der Waals surface area contributed by atoms with Crippen LogP contribution in [0.2, 0.25) is 0 Å². The van der Waals surface area contributed by atoms with Crippen molar-refractivity contribution in [3.8, 4) is 5.75 Å². The summed E-state index contributed by atoms with van der Waals surface area (Å²) in [6.45, 7) is 8.60. The van der Waals surface area contributed by atoms with Gasteiger partial charge in [0.1, 0.15) is 22.9 Å². The average molecular weight is 614 g/mol. The third kappa shape index (κ3) is 7.51. The number of pyridine rings is 1. The Morgan fingerprint density at radius 3 is 2.50 bits per heavy atom. The average Bonchev–Trinajstić information content (AvgIpc) is 3.24. The molecule has 0 spiro atoms. The molecule has 1 aliphatic rings. The molecule has 2 atom stereocenters. The molecule has 0 amide bonds. The van der Waals surface area contributed by atoms with Crippen LogP contribution in [0.1, 0.15) is 59.2 Å². The molecule has 1 unspecified atom stereocenters. The zero-order valence-electron chi connectivity index (χ0n) is 24.8. The normalized spacial score (nSPS) is 15.8. The summed E-state index contributed by atoms with van der Waals surface area (Å²) >= 11 is 0. The Hall–Kier alpha value is -4.52. The van der Waals surface area contributed by atoms with E-state index in [1.54, 1.807) is 10.9 Å². The molecule has 2 aromatic carbocycles. The molecular weight excluding hydrogens is 579 g/mol. The molecule has 4 aromatic rings. The summed E-state index contributed by atoms with van der Waals surface area (Å²) in [5.74, 6) is -3.04. The summed E-state index contributed by atoms with van der Waals surface area (Å²) in [4.78, 5) is 28.0. The summed E-state index contributed by atoms with van der Waals surface area (Å²) in [7, 11) is 1.83. The largest absolute Gasteiger partial charge is 0.490 e. The van der Waals surface area contributed by atoms with Crippen LogP contribution in [0.5, 0.6) is 5.75 Å². The molecule has 10 nitrogen and oxygen atoms in total. The summed E-state index contributed by atoms with van der Waals surface area (Å²) in [6, 6.07) is 14.5. The molecule has 234 valence electrons. The first-order valence-electron chi connectivity index (χ1n) is 14.0. The Morgan fingerprint density at radius 2 is 1.84 bits per heavy atom. The van der Waals surface area contributed by atoms with Crippen molar-refractivity contribution in [3.05, 3.63) is 82.2 Å². The number of halogens is 3. The molecule has 5 rings (SSSR count). The summed E-state index contributed by atoms with van der Waals surface area (Å²) in [5.41, 5.74) is 7.67. The maximum atomic E-state index is 11.9. The molecular formula is C31H34F3N5O5. The van der Waals surface area contributed by atoms with Gasteiger partial charge in [-0.1, -0.05) is 48.5 Å². The Balaban J connectivity index is 0.000000566. The van der Waals surface area contributed by atoms with Gasteiger partial charge >= 0.3 is 18.1 Å². The summed E-state index contributed by atoms with van der Waals surface area (Å²) in [6.07, 6.45) is -2.34. The number of nitrogens with zero attached hydrogens (tertiary/aromatic N) is 5. The van der Waals surface area contributed by atoms with Gasteiger partial charge in [0.15, 0.2) is 0 Å². The van der Waals surface area contributed by atoms with Crippen LogP contribution in [-0.4, -0.2) is 65.9 Å². The lowest BCUT2D eigenvalue weighted by atomic mass is 9.87. The zero-order chi connectivity index (χ0) is 32.2. The molecule has 44 heavy (non-hydrogen) atoms. The number of hydrogen-bond donors (Lipinski definition) is 2. The Labute approximate surface area is 252 Å². The SMILES string of the molecule is CC[C@@H]1CN(Cc2cc(C(CC(=O)O)c3ncc4c(nnn4C)c3C)ccc2C)Cc2ccccc2O1.O=C(O)C(F)(F)F. The van der Waals surface area contributed by atoms with Gasteiger partial charge in [-0.2, -0.15) is 13.2 Å². The van der Waals surface area contributed by atoms with E-state index in [4.69, 9.17) is 19.6 Å². The maximum Gasteiger partial charge on any atom is 0.490 e. The van der Waals surface area contributed by atoms with Crippen LogP contribution in [-0.2, 0) is 29.7 Å². The van der Waals surface area contributed by atoms with Crippen molar-refractivity contribution in [1.82, 2.24) is 24.9 Å². The highest BCUT2D eigenvalue weighted by Gasteiger charge is 2.38. The fourth-order valence-corrected chi connectivity index (χ4v) is 5.24. The van der Waals surface area contributed by atoms with Crippen molar-refractivity contribution < 1.29 is 37.7 Å². The number of aromatic nitrogens is 4. The first-order chi connectivity index (χ1) is 20.8. The quantitative estimate of drug-likeness (QED) is 0.282. The van der Waals surface area contributed by atoms with Gasteiger partial charge in [-0.3, -0.25) is 14.7 Å². The second-order valence-corrected chi connectivity index (χ2v) is 10.8. The number of para-hydroxylation sites is 1. The lowest BCUT2D eigenvalue weighted by Gasteiger charge is -2.25. The second-order valence-electron chi connectivity index (χ2n) is 10.8. The minimum absolute atomic E-state index is 0.0506. The number of carboxylic acid groups (broad SMARTS) is 2. The first-order valence-corrected chi connectivity index (χ1v) is 14.0. The van der Waals surface area contributed by atoms with Crippen LogP contribution >= 0.6 is 0 Å². The van der Waals surface area contributed by atoms with Crippen LogP contribution in [0, 0.1) is 13.8 Å². The number of hydrogen-bond acceptors (Lipinski definition) is 7. The fourth-order valence-electron chi connectivity index (χ4n) is 5.24. The van der Waals surface area contributed by atoms with Gasteiger partial charge < -0.3 is 14.9 Å². The minimum Gasteiger partial charge on any atom is -0.489 e. The monoisotopic (exact) mass is 613 g/mol.